The number of ketones is 1. The van der Waals surface area contributed by atoms with Crippen LogP contribution in [0.25, 0.3) is 0 Å². The number of ether oxygens (including phenoxy) is 1. The highest BCUT2D eigenvalue weighted by Gasteiger charge is 2.22. The van der Waals surface area contributed by atoms with Gasteiger partial charge in [-0.2, -0.15) is 0 Å². The zero-order valence-corrected chi connectivity index (χ0v) is 12.4. The molecule has 0 spiro atoms. The minimum atomic E-state index is -0.160. The van der Waals surface area contributed by atoms with E-state index in [1.54, 1.807) is 18.2 Å². The average molecular weight is 275 g/mol. The summed E-state index contributed by atoms with van der Waals surface area (Å²) in [6, 6.07) is 5.23. The summed E-state index contributed by atoms with van der Waals surface area (Å²) in [5, 5.41) is 2.79. The molecule has 0 saturated carbocycles. The maximum atomic E-state index is 12.2. The van der Waals surface area contributed by atoms with Crippen molar-refractivity contribution in [3.63, 3.8) is 0 Å². The second-order valence-corrected chi connectivity index (χ2v) is 6.55. The molecule has 0 saturated heterocycles. The van der Waals surface area contributed by atoms with Crippen molar-refractivity contribution < 1.29 is 14.3 Å². The Hall–Kier alpha value is -1.84. The fourth-order valence-corrected chi connectivity index (χ4v) is 2.21. The summed E-state index contributed by atoms with van der Waals surface area (Å²) in [6.07, 6.45) is 0.629. The molecule has 108 valence electrons. The molecular formula is C16H21NO3. The summed E-state index contributed by atoms with van der Waals surface area (Å²) < 4.78 is 5.67. The van der Waals surface area contributed by atoms with Crippen LogP contribution in [-0.4, -0.2) is 17.8 Å². The predicted molar refractivity (Wildman–Crippen MR) is 78.2 cm³/mol. The summed E-state index contributed by atoms with van der Waals surface area (Å²) in [5.41, 5.74) is 1.13. The number of carbonyl (C=O) groups excluding carboxylic acids is 2. The van der Waals surface area contributed by atoms with E-state index in [9.17, 15) is 9.59 Å². The van der Waals surface area contributed by atoms with Crippen LogP contribution in [0.5, 0.6) is 5.75 Å². The van der Waals surface area contributed by atoms with E-state index in [0.29, 0.717) is 29.8 Å². The van der Waals surface area contributed by atoms with Crippen molar-refractivity contribution in [1.29, 1.82) is 0 Å². The largest absolute Gasteiger partial charge is 0.488 e. The molecule has 1 N–H and O–H groups in total. The SMILES string of the molecule is CC1CC(=O)Nc2cc(C(=O)CC(C)(C)C)ccc2O1. The van der Waals surface area contributed by atoms with Gasteiger partial charge < -0.3 is 10.1 Å². The second-order valence-electron chi connectivity index (χ2n) is 6.55. The fraction of sp³-hybridized carbons (Fsp3) is 0.500. The molecule has 1 aliphatic rings. The number of benzene rings is 1. The molecule has 1 aliphatic heterocycles. The first-order chi connectivity index (χ1) is 9.24. The number of hydrogen-bond donors (Lipinski definition) is 1. The van der Waals surface area contributed by atoms with E-state index in [2.05, 4.69) is 5.32 Å². The van der Waals surface area contributed by atoms with Crippen LogP contribution in [0.3, 0.4) is 0 Å². The number of fused-ring (bicyclic) bond motifs is 1. The normalized spacial score (nSPS) is 18.6. The van der Waals surface area contributed by atoms with E-state index >= 15 is 0 Å². The molecule has 1 amide bonds. The molecule has 0 aliphatic carbocycles. The smallest absolute Gasteiger partial charge is 0.228 e. The molecule has 0 bridgehead atoms. The third kappa shape index (κ3) is 3.59. The number of amides is 1. The van der Waals surface area contributed by atoms with Gasteiger partial charge in [-0.3, -0.25) is 9.59 Å². The van der Waals surface area contributed by atoms with Gasteiger partial charge >= 0.3 is 0 Å². The molecule has 4 heteroatoms. The highest BCUT2D eigenvalue weighted by atomic mass is 16.5. The third-order valence-corrected chi connectivity index (χ3v) is 3.07. The van der Waals surface area contributed by atoms with E-state index in [1.807, 2.05) is 27.7 Å². The first-order valence-corrected chi connectivity index (χ1v) is 6.88. The molecule has 20 heavy (non-hydrogen) atoms. The lowest BCUT2D eigenvalue weighted by Gasteiger charge is -2.17. The van der Waals surface area contributed by atoms with Gasteiger partial charge in [0.15, 0.2) is 5.78 Å². The summed E-state index contributed by atoms with van der Waals surface area (Å²) in [5.74, 6) is 0.610. The van der Waals surface area contributed by atoms with Crippen LogP contribution < -0.4 is 10.1 Å². The van der Waals surface area contributed by atoms with Crippen LogP contribution >= 0.6 is 0 Å². The Bertz CT molecular complexity index is 543. The Balaban J connectivity index is 2.27. The minimum Gasteiger partial charge on any atom is -0.488 e. The fourth-order valence-electron chi connectivity index (χ4n) is 2.21. The average Bonchev–Trinajstić information content (AvgIpc) is 2.42. The quantitative estimate of drug-likeness (QED) is 0.841. The highest BCUT2D eigenvalue weighted by molar-refractivity contribution is 6.00. The lowest BCUT2D eigenvalue weighted by Crippen LogP contribution is -2.17. The summed E-state index contributed by atoms with van der Waals surface area (Å²) in [7, 11) is 0. The second kappa shape index (κ2) is 5.27. The van der Waals surface area contributed by atoms with Crippen LogP contribution in [0.2, 0.25) is 0 Å². The number of Topliss-reactive ketones (excluding diaryl/α,β-unsaturated/α-hetero) is 1. The molecular weight excluding hydrogens is 254 g/mol. The van der Waals surface area contributed by atoms with Gasteiger partial charge in [-0.15, -0.1) is 0 Å². The van der Waals surface area contributed by atoms with E-state index in [1.165, 1.54) is 0 Å². The maximum Gasteiger partial charge on any atom is 0.228 e. The van der Waals surface area contributed by atoms with Crippen LogP contribution in [0, 0.1) is 5.41 Å². The Morgan fingerprint density at radius 2 is 2.10 bits per heavy atom. The molecule has 0 aromatic heterocycles. The lowest BCUT2D eigenvalue weighted by molar-refractivity contribution is -0.117. The van der Waals surface area contributed by atoms with Gasteiger partial charge in [0, 0.05) is 12.0 Å². The van der Waals surface area contributed by atoms with Gasteiger partial charge in [-0.1, -0.05) is 20.8 Å². The number of anilines is 1. The Morgan fingerprint density at radius 1 is 1.40 bits per heavy atom. The summed E-state index contributed by atoms with van der Waals surface area (Å²) >= 11 is 0. The first kappa shape index (κ1) is 14.6. The Labute approximate surface area is 119 Å². The monoisotopic (exact) mass is 275 g/mol. The Kier molecular flexibility index (Phi) is 3.84. The van der Waals surface area contributed by atoms with E-state index in [-0.39, 0.29) is 23.2 Å². The van der Waals surface area contributed by atoms with Gasteiger partial charge in [0.2, 0.25) is 5.91 Å². The van der Waals surface area contributed by atoms with Crippen LogP contribution in [-0.2, 0) is 4.79 Å². The zero-order chi connectivity index (χ0) is 14.9. The first-order valence-electron chi connectivity index (χ1n) is 6.88. The van der Waals surface area contributed by atoms with Crippen LogP contribution in [0.4, 0.5) is 5.69 Å². The van der Waals surface area contributed by atoms with Crippen LogP contribution in [0.1, 0.15) is 50.9 Å². The lowest BCUT2D eigenvalue weighted by atomic mass is 9.88. The van der Waals surface area contributed by atoms with Gasteiger partial charge in [-0.25, -0.2) is 0 Å². The number of carbonyl (C=O) groups is 2. The summed E-state index contributed by atoms with van der Waals surface area (Å²) in [6.45, 7) is 7.94. The van der Waals surface area contributed by atoms with Crippen molar-refractivity contribution in [2.45, 2.75) is 46.6 Å². The molecule has 0 fully saturated rings. The Morgan fingerprint density at radius 3 is 2.75 bits per heavy atom. The van der Waals surface area contributed by atoms with Gasteiger partial charge in [-0.05, 0) is 30.5 Å². The van der Waals surface area contributed by atoms with Crippen LogP contribution in [0.15, 0.2) is 18.2 Å². The molecule has 0 radical (unpaired) electrons. The van der Waals surface area contributed by atoms with Crippen molar-refractivity contribution in [3.8, 4) is 5.75 Å². The predicted octanol–water partition coefficient (Wildman–Crippen LogP) is 3.42. The van der Waals surface area contributed by atoms with Crippen molar-refractivity contribution in [2.24, 2.45) is 5.41 Å². The topological polar surface area (TPSA) is 55.4 Å². The van der Waals surface area contributed by atoms with E-state index in [0.717, 1.165) is 0 Å². The standard InChI is InChI=1S/C16H21NO3/c1-10-7-15(19)17-12-8-11(5-6-14(12)20-10)13(18)9-16(2,3)4/h5-6,8,10H,7,9H2,1-4H3,(H,17,19). The van der Waals surface area contributed by atoms with E-state index < -0.39 is 0 Å². The van der Waals surface area contributed by atoms with E-state index in [4.69, 9.17) is 4.74 Å². The molecule has 1 heterocycles. The highest BCUT2D eigenvalue weighted by Crippen LogP contribution is 2.31. The van der Waals surface area contributed by atoms with Crippen molar-refractivity contribution in [3.05, 3.63) is 23.8 Å². The number of hydrogen-bond acceptors (Lipinski definition) is 3. The number of nitrogens with one attached hydrogen (secondary N) is 1. The molecule has 1 aromatic rings. The molecule has 1 aromatic carbocycles. The minimum absolute atomic E-state index is 0.0574. The van der Waals surface area contributed by atoms with Gasteiger partial charge in [0.05, 0.1) is 12.1 Å². The summed E-state index contributed by atoms with van der Waals surface area (Å²) in [4.78, 5) is 23.9. The maximum absolute atomic E-state index is 12.2. The third-order valence-electron chi connectivity index (χ3n) is 3.07. The molecule has 1 unspecified atom stereocenters. The van der Waals surface area contributed by atoms with Crippen molar-refractivity contribution >= 4 is 17.4 Å². The molecule has 4 nitrogen and oxygen atoms in total. The number of rotatable bonds is 2. The van der Waals surface area contributed by atoms with Gasteiger partial charge in [0.25, 0.3) is 0 Å². The zero-order valence-electron chi connectivity index (χ0n) is 12.4. The molecule has 1 atom stereocenters. The van der Waals surface area contributed by atoms with Crippen molar-refractivity contribution in [2.75, 3.05) is 5.32 Å². The van der Waals surface area contributed by atoms with Crippen molar-refractivity contribution in [1.82, 2.24) is 0 Å². The van der Waals surface area contributed by atoms with Gasteiger partial charge in [0.1, 0.15) is 11.9 Å². The molecule has 2 rings (SSSR count).